The lowest BCUT2D eigenvalue weighted by molar-refractivity contribution is -0.192. The van der Waals surface area contributed by atoms with Gasteiger partial charge in [0.05, 0.1) is 24.0 Å². The minimum absolute atomic E-state index is 0.102. The van der Waals surface area contributed by atoms with Crippen molar-refractivity contribution in [1.29, 1.82) is 0 Å². The van der Waals surface area contributed by atoms with Crippen molar-refractivity contribution in [3.05, 3.63) is 53.1 Å². The number of carbonyl (C=O) groups excluding carboxylic acids is 1. The van der Waals surface area contributed by atoms with Crippen LogP contribution in [0.25, 0.3) is 0 Å². The van der Waals surface area contributed by atoms with E-state index >= 15 is 0 Å². The van der Waals surface area contributed by atoms with Crippen molar-refractivity contribution in [3.63, 3.8) is 0 Å². The van der Waals surface area contributed by atoms with Gasteiger partial charge in [0.1, 0.15) is 0 Å². The van der Waals surface area contributed by atoms with Gasteiger partial charge >= 0.3 is 12.1 Å². The minimum Gasteiger partial charge on any atom is -0.475 e. The number of imidazole rings is 1. The number of carboxylic acids is 1. The van der Waals surface area contributed by atoms with E-state index in [1.165, 1.54) is 5.56 Å². The number of ether oxygens (including phenoxy) is 1. The van der Waals surface area contributed by atoms with Gasteiger partial charge in [-0.15, -0.1) is 0 Å². The summed E-state index contributed by atoms with van der Waals surface area (Å²) in [6, 6.07) is 8.34. The van der Waals surface area contributed by atoms with Gasteiger partial charge in [0.2, 0.25) is 5.91 Å². The molecule has 4 rings (SSSR count). The Morgan fingerprint density at radius 1 is 1.30 bits per heavy atom. The molecule has 12 heteroatoms. The van der Waals surface area contributed by atoms with E-state index in [1.807, 2.05) is 23.4 Å². The van der Waals surface area contributed by atoms with E-state index in [0.29, 0.717) is 19.2 Å². The first-order chi connectivity index (χ1) is 17.4. The molecule has 2 aliphatic heterocycles. The zero-order valence-electron chi connectivity index (χ0n) is 21.0. The Morgan fingerprint density at radius 2 is 1.95 bits per heavy atom. The summed E-state index contributed by atoms with van der Waals surface area (Å²) in [4.78, 5) is 31.6. The maximum atomic E-state index is 13.6. The fourth-order valence-corrected chi connectivity index (χ4v) is 5.04. The molecule has 1 aromatic carbocycles. The average Bonchev–Trinajstić information content (AvgIpc) is 3.53. The van der Waals surface area contributed by atoms with E-state index in [1.54, 1.807) is 7.11 Å². The number of alkyl halides is 3. The third-order valence-corrected chi connectivity index (χ3v) is 7.11. The lowest BCUT2D eigenvalue weighted by atomic mass is 9.75. The number of carboxylic acid groups (broad SMARTS) is 1. The van der Waals surface area contributed by atoms with E-state index in [0.717, 1.165) is 43.3 Å². The number of benzene rings is 1. The molecule has 0 bridgehead atoms. The summed E-state index contributed by atoms with van der Waals surface area (Å²) in [5.74, 6) is -2.40. The van der Waals surface area contributed by atoms with Crippen molar-refractivity contribution in [2.24, 2.45) is 5.41 Å². The topological polar surface area (TPSA) is 87.9 Å². The van der Waals surface area contributed by atoms with Crippen molar-refractivity contribution in [3.8, 4) is 0 Å². The molecule has 1 N–H and O–H groups in total. The van der Waals surface area contributed by atoms with E-state index in [2.05, 4.69) is 41.6 Å². The van der Waals surface area contributed by atoms with Crippen LogP contribution >= 0.6 is 11.6 Å². The summed E-state index contributed by atoms with van der Waals surface area (Å²) in [7, 11) is 1.68. The number of hydrogen-bond donors (Lipinski definition) is 1. The van der Waals surface area contributed by atoms with Crippen LogP contribution in [0.3, 0.4) is 0 Å². The van der Waals surface area contributed by atoms with Crippen LogP contribution in [0, 0.1) is 5.41 Å². The van der Waals surface area contributed by atoms with Gasteiger partial charge in [0, 0.05) is 63.0 Å². The van der Waals surface area contributed by atoms with Crippen LogP contribution in [0.2, 0.25) is 5.02 Å². The van der Waals surface area contributed by atoms with Gasteiger partial charge in [-0.25, -0.2) is 9.78 Å². The molecular formula is C25H32ClF3N4O4. The number of carbonyl (C=O) groups is 2. The first-order valence-electron chi connectivity index (χ1n) is 12.0. The second kappa shape index (κ2) is 11.8. The molecule has 0 aliphatic carbocycles. The second-order valence-electron chi connectivity index (χ2n) is 9.68. The van der Waals surface area contributed by atoms with Crippen molar-refractivity contribution < 1.29 is 32.6 Å². The van der Waals surface area contributed by atoms with Crippen LogP contribution < -0.4 is 0 Å². The largest absolute Gasteiger partial charge is 0.490 e. The monoisotopic (exact) mass is 544 g/mol. The normalized spacial score (nSPS) is 22.1. The summed E-state index contributed by atoms with van der Waals surface area (Å²) in [6.45, 7) is 8.72. The molecule has 2 aromatic rings. The highest BCUT2D eigenvalue weighted by molar-refractivity contribution is 6.30. The van der Waals surface area contributed by atoms with Crippen molar-refractivity contribution >= 4 is 23.5 Å². The molecule has 204 valence electrons. The molecule has 0 radical (unpaired) electrons. The third kappa shape index (κ3) is 6.82. The minimum atomic E-state index is -5.08. The van der Waals surface area contributed by atoms with E-state index in [-0.39, 0.29) is 11.8 Å². The Morgan fingerprint density at radius 3 is 2.49 bits per heavy atom. The van der Waals surface area contributed by atoms with Crippen LogP contribution in [0.5, 0.6) is 0 Å². The number of rotatable bonds is 7. The fraction of sp³-hybridized carbons (Fsp3) is 0.560. The first-order valence-corrected chi connectivity index (χ1v) is 12.3. The molecule has 2 fully saturated rings. The number of likely N-dealkylation sites (tertiary alicyclic amines) is 2. The van der Waals surface area contributed by atoms with Gasteiger partial charge in [-0.1, -0.05) is 23.7 Å². The highest BCUT2D eigenvalue weighted by Gasteiger charge is 2.57. The SMILES string of the molecule is COCCN1CCC2(CN(Cc3ccc(Cl)cc3)CC2c2cn(C(C)C)cn2)C1=O.O=C(O)C(F)(F)F. The maximum absolute atomic E-state index is 13.6. The van der Waals surface area contributed by atoms with E-state index in [4.69, 9.17) is 31.2 Å². The summed E-state index contributed by atoms with van der Waals surface area (Å²) >= 11 is 6.05. The molecule has 3 heterocycles. The first kappa shape index (κ1) is 28.9. The molecule has 2 unspecified atom stereocenters. The van der Waals surface area contributed by atoms with E-state index in [9.17, 15) is 18.0 Å². The van der Waals surface area contributed by atoms with Gasteiger partial charge in [-0.05, 0) is 38.0 Å². The van der Waals surface area contributed by atoms with Crippen LogP contribution in [0.4, 0.5) is 13.2 Å². The summed E-state index contributed by atoms with van der Waals surface area (Å²) < 4.78 is 39.1. The molecular weight excluding hydrogens is 513 g/mol. The second-order valence-corrected chi connectivity index (χ2v) is 10.1. The number of aliphatic carboxylic acids is 1. The summed E-state index contributed by atoms with van der Waals surface area (Å²) in [5.41, 5.74) is 1.84. The summed E-state index contributed by atoms with van der Waals surface area (Å²) in [6.07, 6.45) is -0.183. The zero-order chi connectivity index (χ0) is 27.4. The standard InChI is InChI=1S/C23H31ClN4O2.C2HF3O2/c1-17(2)28-14-21(25-16-28)20-13-26(12-18-4-6-19(24)7-5-18)15-23(20)8-9-27(22(23)29)10-11-30-3;3-2(4,5)1(6)7/h4-7,14,16-17,20H,8-13,15H2,1-3H3;(H,6,7). The van der Waals surface area contributed by atoms with E-state index < -0.39 is 17.6 Å². The van der Waals surface area contributed by atoms with Crippen molar-refractivity contribution in [2.75, 3.05) is 39.9 Å². The van der Waals surface area contributed by atoms with Crippen LogP contribution in [0.15, 0.2) is 36.8 Å². The van der Waals surface area contributed by atoms with Gasteiger partial charge < -0.3 is 19.3 Å². The fourth-order valence-electron chi connectivity index (χ4n) is 4.91. The molecule has 1 aromatic heterocycles. The Hall–Kier alpha value is -2.63. The van der Waals surface area contributed by atoms with Gasteiger partial charge in [-0.2, -0.15) is 13.2 Å². The van der Waals surface area contributed by atoms with Crippen molar-refractivity contribution in [2.45, 2.75) is 44.9 Å². The van der Waals surface area contributed by atoms with Crippen molar-refractivity contribution in [1.82, 2.24) is 19.4 Å². The Kier molecular flexibility index (Phi) is 9.25. The number of hydrogen-bond acceptors (Lipinski definition) is 5. The molecule has 37 heavy (non-hydrogen) atoms. The number of nitrogens with zero attached hydrogens (tertiary/aromatic N) is 4. The molecule has 2 atom stereocenters. The lowest BCUT2D eigenvalue weighted by Crippen LogP contribution is -2.40. The molecule has 0 saturated carbocycles. The number of aromatic nitrogens is 2. The van der Waals surface area contributed by atoms with Gasteiger partial charge in [0.25, 0.3) is 0 Å². The highest BCUT2D eigenvalue weighted by Crippen LogP contribution is 2.49. The highest BCUT2D eigenvalue weighted by atomic mass is 35.5. The van der Waals surface area contributed by atoms with Crippen LogP contribution in [0.1, 0.15) is 43.5 Å². The predicted octanol–water partition coefficient (Wildman–Crippen LogP) is 4.22. The molecule has 1 amide bonds. The number of halogens is 4. The quantitative estimate of drug-likeness (QED) is 0.562. The Labute approximate surface area is 219 Å². The van der Waals surface area contributed by atoms with Gasteiger partial charge in [-0.3, -0.25) is 9.69 Å². The smallest absolute Gasteiger partial charge is 0.475 e. The number of methoxy groups -OCH3 is 1. The molecule has 2 aliphatic rings. The average molecular weight is 545 g/mol. The lowest BCUT2D eigenvalue weighted by Gasteiger charge is -2.28. The molecule has 8 nitrogen and oxygen atoms in total. The maximum Gasteiger partial charge on any atom is 0.490 e. The molecule has 1 spiro atoms. The summed E-state index contributed by atoms with van der Waals surface area (Å²) in [5, 5.41) is 7.87. The predicted molar refractivity (Wildman–Crippen MR) is 131 cm³/mol. The Bertz CT molecular complexity index is 1080. The molecule has 2 saturated heterocycles. The van der Waals surface area contributed by atoms with Crippen LogP contribution in [-0.2, 0) is 20.9 Å². The van der Waals surface area contributed by atoms with Crippen LogP contribution in [-0.4, -0.2) is 82.4 Å². The number of amides is 1. The Balaban J connectivity index is 0.000000479. The third-order valence-electron chi connectivity index (χ3n) is 6.86. The van der Waals surface area contributed by atoms with Gasteiger partial charge in [0.15, 0.2) is 0 Å². The zero-order valence-corrected chi connectivity index (χ0v) is 21.8.